The summed E-state index contributed by atoms with van der Waals surface area (Å²) in [5, 5.41) is 18.2. The Morgan fingerprint density at radius 2 is 2.06 bits per heavy atom. The quantitative estimate of drug-likeness (QED) is 0.756. The lowest BCUT2D eigenvalue weighted by molar-refractivity contribution is 0.0104. The minimum Gasteiger partial charge on any atom is -0.396 e. The molecule has 2 aliphatic rings. The van der Waals surface area contributed by atoms with Crippen LogP contribution >= 0.6 is 0 Å². The maximum absolute atomic E-state index is 9.27. The predicted octanol–water partition coefficient (Wildman–Crippen LogP) is 1.10. The monoisotopic (exact) mass is 227 g/mol. The summed E-state index contributed by atoms with van der Waals surface area (Å²) >= 11 is 0. The molecule has 0 aromatic rings. The largest absolute Gasteiger partial charge is 0.396 e. The zero-order chi connectivity index (χ0) is 11.5. The average Bonchev–Trinajstić information content (AvgIpc) is 2.20. The van der Waals surface area contributed by atoms with Crippen LogP contribution in [0.15, 0.2) is 0 Å². The first kappa shape index (κ1) is 12.3. The Bertz CT molecular complexity index is 216. The van der Waals surface area contributed by atoms with Crippen LogP contribution in [0, 0.1) is 17.8 Å². The first-order valence-electron chi connectivity index (χ1n) is 6.70. The standard InChI is InChI=1S/C13H25NO2/c1-10-8-14(4-2-12(10)3-5-15)9-11-6-13(16)7-11/h10-13,15-16H,2-9H2,1H3. The van der Waals surface area contributed by atoms with Crippen LogP contribution in [-0.4, -0.2) is 47.5 Å². The van der Waals surface area contributed by atoms with Crippen LogP contribution in [0.2, 0.25) is 0 Å². The summed E-state index contributed by atoms with van der Waals surface area (Å²) in [5.41, 5.74) is 0. The van der Waals surface area contributed by atoms with Crippen molar-refractivity contribution in [3.8, 4) is 0 Å². The highest BCUT2D eigenvalue weighted by atomic mass is 16.3. The number of rotatable bonds is 4. The molecule has 0 amide bonds. The van der Waals surface area contributed by atoms with Gasteiger partial charge in [-0.25, -0.2) is 0 Å². The van der Waals surface area contributed by atoms with Crippen LogP contribution in [0.5, 0.6) is 0 Å². The molecule has 2 atom stereocenters. The maximum Gasteiger partial charge on any atom is 0.0546 e. The molecule has 2 fully saturated rings. The van der Waals surface area contributed by atoms with Gasteiger partial charge in [0.25, 0.3) is 0 Å². The topological polar surface area (TPSA) is 43.7 Å². The van der Waals surface area contributed by atoms with Crippen LogP contribution < -0.4 is 0 Å². The molecule has 0 bridgehead atoms. The molecule has 94 valence electrons. The molecule has 2 N–H and O–H groups in total. The second kappa shape index (κ2) is 5.48. The van der Waals surface area contributed by atoms with Gasteiger partial charge in [-0.15, -0.1) is 0 Å². The third kappa shape index (κ3) is 2.96. The lowest BCUT2D eigenvalue weighted by Crippen LogP contribution is -2.45. The van der Waals surface area contributed by atoms with E-state index in [0.717, 1.165) is 25.2 Å². The molecule has 1 aliphatic carbocycles. The Labute approximate surface area is 98.5 Å². The molecule has 2 unspecified atom stereocenters. The van der Waals surface area contributed by atoms with E-state index in [9.17, 15) is 5.11 Å². The summed E-state index contributed by atoms with van der Waals surface area (Å²) in [5.74, 6) is 2.16. The van der Waals surface area contributed by atoms with Crippen LogP contribution in [0.1, 0.15) is 32.6 Å². The van der Waals surface area contributed by atoms with Gasteiger partial charge >= 0.3 is 0 Å². The molecule has 3 heteroatoms. The van der Waals surface area contributed by atoms with Gasteiger partial charge < -0.3 is 15.1 Å². The molecule has 16 heavy (non-hydrogen) atoms. The van der Waals surface area contributed by atoms with Gasteiger partial charge in [-0.05, 0) is 50.0 Å². The third-order valence-corrected chi connectivity index (χ3v) is 4.39. The zero-order valence-electron chi connectivity index (χ0n) is 10.3. The SMILES string of the molecule is CC1CN(CC2CC(O)C2)CCC1CCO. The van der Waals surface area contributed by atoms with Crippen molar-refractivity contribution in [3.63, 3.8) is 0 Å². The Kier molecular flexibility index (Phi) is 4.22. The highest BCUT2D eigenvalue weighted by molar-refractivity contribution is 4.84. The summed E-state index contributed by atoms with van der Waals surface area (Å²) in [6, 6.07) is 0. The van der Waals surface area contributed by atoms with Crippen LogP contribution in [0.25, 0.3) is 0 Å². The molecular formula is C13H25NO2. The highest BCUT2D eigenvalue weighted by Gasteiger charge is 2.31. The summed E-state index contributed by atoms with van der Waals surface area (Å²) < 4.78 is 0. The highest BCUT2D eigenvalue weighted by Crippen LogP contribution is 2.31. The molecule has 3 nitrogen and oxygen atoms in total. The summed E-state index contributed by atoms with van der Waals surface area (Å²) in [7, 11) is 0. The van der Waals surface area contributed by atoms with Crippen molar-refractivity contribution in [2.24, 2.45) is 17.8 Å². The molecule has 1 saturated carbocycles. The van der Waals surface area contributed by atoms with E-state index < -0.39 is 0 Å². The van der Waals surface area contributed by atoms with E-state index >= 15 is 0 Å². The number of likely N-dealkylation sites (tertiary alicyclic amines) is 1. The summed E-state index contributed by atoms with van der Waals surface area (Å²) in [4.78, 5) is 2.55. The van der Waals surface area contributed by atoms with Gasteiger partial charge in [0, 0.05) is 19.7 Å². The fourth-order valence-corrected chi connectivity index (χ4v) is 3.26. The van der Waals surface area contributed by atoms with Crippen molar-refractivity contribution < 1.29 is 10.2 Å². The smallest absolute Gasteiger partial charge is 0.0546 e. The van der Waals surface area contributed by atoms with E-state index in [2.05, 4.69) is 11.8 Å². The zero-order valence-corrected chi connectivity index (χ0v) is 10.3. The van der Waals surface area contributed by atoms with Gasteiger partial charge in [0.1, 0.15) is 0 Å². The van der Waals surface area contributed by atoms with Gasteiger partial charge in [0.05, 0.1) is 6.10 Å². The number of nitrogens with zero attached hydrogens (tertiary/aromatic N) is 1. The van der Waals surface area contributed by atoms with E-state index in [4.69, 9.17) is 5.11 Å². The first-order chi connectivity index (χ1) is 7.69. The summed E-state index contributed by atoms with van der Waals surface area (Å²) in [6.45, 7) is 6.18. The van der Waals surface area contributed by atoms with Crippen molar-refractivity contribution in [2.75, 3.05) is 26.2 Å². The second-order valence-corrected chi connectivity index (χ2v) is 5.79. The lowest BCUT2D eigenvalue weighted by Gasteiger charge is -2.41. The Hall–Kier alpha value is -0.120. The second-order valence-electron chi connectivity index (χ2n) is 5.79. The van der Waals surface area contributed by atoms with E-state index in [-0.39, 0.29) is 6.10 Å². The maximum atomic E-state index is 9.27. The van der Waals surface area contributed by atoms with Crippen molar-refractivity contribution in [3.05, 3.63) is 0 Å². The predicted molar refractivity (Wildman–Crippen MR) is 64.1 cm³/mol. The minimum absolute atomic E-state index is 0.0191. The Balaban J connectivity index is 1.70. The fourth-order valence-electron chi connectivity index (χ4n) is 3.26. The number of aliphatic hydroxyl groups excluding tert-OH is 2. The number of piperidine rings is 1. The molecule has 1 aliphatic heterocycles. The van der Waals surface area contributed by atoms with Crippen molar-refractivity contribution in [1.82, 2.24) is 4.90 Å². The molecule has 1 saturated heterocycles. The third-order valence-electron chi connectivity index (χ3n) is 4.39. The van der Waals surface area contributed by atoms with E-state index in [1.54, 1.807) is 0 Å². The van der Waals surface area contributed by atoms with Gasteiger partial charge in [-0.1, -0.05) is 6.92 Å². The van der Waals surface area contributed by atoms with E-state index in [1.165, 1.54) is 26.1 Å². The number of hydrogen-bond donors (Lipinski definition) is 2. The van der Waals surface area contributed by atoms with Crippen molar-refractivity contribution in [1.29, 1.82) is 0 Å². The van der Waals surface area contributed by atoms with Crippen molar-refractivity contribution >= 4 is 0 Å². The first-order valence-corrected chi connectivity index (χ1v) is 6.70. The summed E-state index contributed by atoms with van der Waals surface area (Å²) in [6.07, 6.45) is 4.19. The Morgan fingerprint density at radius 3 is 2.62 bits per heavy atom. The lowest BCUT2D eigenvalue weighted by atomic mass is 9.80. The molecule has 0 spiro atoms. The van der Waals surface area contributed by atoms with Gasteiger partial charge in [-0.2, -0.15) is 0 Å². The van der Waals surface area contributed by atoms with Gasteiger partial charge in [0.2, 0.25) is 0 Å². The fraction of sp³-hybridized carbons (Fsp3) is 1.00. The van der Waals surface area contributed by atoms with E-state index in [0.29, 0.717) is 18.4 Å². The normalized spacial score (nSPS) is 40.7. The number of aliphatic hydroxyl groups is 2. The molecular weight excluding hydrogens is 202 g/mol. The van der Waals surface area contributed by atoms with E-state index in [1.807, 2.05) is 0 Å². The number of hydrogen-bond acceptors (Lipinski definition) is 3. The average molecular weight is 227 g/mol. The molecule has 2 rings (SSSR count). The molecule has 0 radical (unpaired) electrons. The van der Waals surface area contributed by atoms with Gasteiger partial charge in [0.15, 0.2) is 0 Å². The molecule has 0 aromatic heterocycles. The Morgan fingerprint density at radius 1 is 1.31 bits per heavy atom. The van der Waals surface area contributed by atoms with Gasteiger partial charge in [-0.3, -0.25) is 0 Å². The molecule has 1 heterocycles. The van der Waals surface area contributed by atoms with Crippen LogP contribution in [-0.2, 0) is 0 Å². The van der Waals surface area contributed by atoms with Crippen LogP contribution in [0.3, 0.4) is 0 Å². The molecule has 0 aromatic carbocycles. The van der Waals surface area contributed by atoms with Crippen molar-refractivity contribution in [2.45, 2.75) is 38.7 Å². The minimum atomic E-state index is -0.0191. The van der Waals surface area contributed by atoms with Crippen LogP contribution in [0.4, 0.5) is 0 Å².